The number of methoxy groups -OCH3 is 1. The number of ether oxygens (including phenoxy) is 1. The minimum atomic E-state index is -0.383. The van der Waals surface area contributed by atoms with Gasteiger partial charge in [-0.15, -0.1) is 0 Å². The highest BCUT2D eigenvalue weighted by molar-refractivity contribution is 6.12. The Hall–Kier alpha value is -3.80. The van der Waals surface area contributed by atoms with Gasteiger partial charge >= 0.3 is 0 Å². The van der Waals surface area contributed by atoms with Crippen LogP contribution in [-0.4, -0.2) is 29.4 Å². The maximum atomic E-state index is 13.7. The van der Waals surface area contributed by atoms with Crippen molar-refractivity contribution in [3.8, 4) is 5.75 Å². The highest BCUT2D eigenvalue weighted by Gasteiger charge is 2.39. The number of carbonyl (C=O) groups excluding carboxylic acids is 1. The first-order valence-electron chi connectivity index (χ1n) is 9.83. The van der Waals surface area contributed by atoms with E-state index >= 15 is 0 Å². The SMILES string of the molecule is COc1ccc(N2C(=O)c3ccccc3N(C)C2c2nc(C)n3ccccc23)cc1. The van der Waals surface area contributed by atoms with Gasteiger partial charge in [0.2, 0.25) is 0 Å². The summed E-state index contributed by atoms with van der Waals surface area (Å²) in [5.74, 6) is 1.58. The van der Waals surface area contributed by atoms with Crippen LogP contribution in [0.2, 0.25) is 0 Å². The third kappa shape index (κ3) is 2.64. The van der Waals surface area contributed by atoms with E-state index in [9.17, 15) is 4.79 Å². The fourth-order valence-electron chi connectivity index (χ4n) is 4.22. The predicted molar refractivity (Wildman–Crippen MR) is 117 cm³/mol. The average molecular weight is 398 g/mol. The van der Waals surface area contributed by atoms with Gasteiger partial charge in [0.15, 0.2) is 6.17 Å². The molecular formula is C24H22N4O2. The number of fused-ring (bicyclic) bond motifs is 2. The Kier molecular flexibility index (Phi) is 4.20. The molecule has 1 atom stereocenters. The minimum Gasteiger partial charge on any atom is -0.497 e. The Labute approximate surface area is 174 Å². The molecule has 0 fully saturated rings. The van der Waals surface area contributed by atoms with Crippen molar-refractivity contribution >= 4 is 22.8 Å². The summed E-state index contributed by atoms with van der Waals surface area (Å²) >= 11 is 0. The van der Waals surface area contributed by atoms with Crippen LogP contribution in [0.1, 0.15) is 28.0 Å². The topological polar surface area (TPSA) is 50.1 Å². The van der Waals surface area contributed by atoms with Crippen LogP contribution in [0, 0.1) is 6.92 Å². The molecule has 0 aliphatic carbocycles. The quantitative estimate of drug-likeness (QED) is 0.512. The van der Waals surface area contributed by atoms with Gasteiger partial charge in [-0.3, -0.25) is 9.69 Å². The summed E-state index contributed by atoms with van der Waals surface area (Å²) in [5, 5.41) is 0. The molecule has 6 heteroatoms. The molecule has 1 aliphatic heterocycles. The lowest BCUT2D eigenvalue weighted by Crippen LogP contribution is -2.48. The number of carbonyl (C=O) groups is 1. The Morgan fingerprint density at radius 1 is 0.967 bits per heavy atom. The number of hydrogen-bond donors (Lipinski definition) is 0. The molecule has 3 heterocycles. The van der Waals surface area contributed by atoms with E-state index in [1.807, 2.05) is 91.8 Å². The summed E-state index contributed by atoms with van der Waals surface area (Å²) < 4.78 is 7.36. The number of amides is 1. The molecule has 6 nitrogen and oxygen atoms in total. The fraction of sp³-hybridized carbons (Fsp3) is 0.167. The van der Waals surface area contributed by atoms with Crippen molar-refractivity contribution in [3.63, 3.8) is 0 Å². The second-order valence-corrected chi connectivity index (χ2v) is 7.38. The van der Waals surface area contributed by atoms with Crippen molar-refractivity contribution < 1.29 is 9.53 Å². The highest BCUT2D eigenvalue weighted by atomic mass is 16.5. The van der Waals surface area contributed by atoms with Gasteiger partial charge in [-0.1, -0.05) is 18.2 Å². The number of imidazole rings is 1. The number of hydrogen-bond acceptors (Lipinski definition) is 4. The first-order valence-corrected chi connectivity index (χ1v) is 9.83. The van der Waals surface area contributed by atoms with Crippen molar-refractivity contribution in [2.75, 3.05) is 24.0 Å². The number of pyridine rings is 1. The van der Waals surface area contributed by atoms with Crippen LogP contribution >= 0.6 is 0 Å². The second kappa shape index (κ2) is 6.91. The molecule has 4 aromatic rings. The van der Waals surface area contributed by atoms with Crippen molar-refractivity contribution in [2.24, 2.45) is 0 Å². The Morgan fingerprint density at radius 2 is 1.70 bits per heavy atom. The molecule has 30 heavy (non-hydrogen) atoms. The predicted octanol–water partition coefficient (Wildman–Crippen LogP) is 4.45. The van der Waals surface area contributed by atoms with Gasteiger partial charge in [-0.2, -0.15) is 0 Å². The van der Waals surface area contributed by atoms with Gasteiger partial charge in [0, 0.05) is 18.9 Å². The van der Waals surface area contributed by atoms with Crippen LogP contribution in [0.4, 0.5) is 11.4 Å². The van der Waals surface area contributed by atoms with Gasteiger partial charge in [0.1, 0.15) is 17.3 Å². The van der Waals surface area contributed by atoms with E-state index in [0.717, 1.165) is 34.2 Å². The van der Waals surface area contributed by atoms with E-state index in [1.54, 1.807) is 7.11 Å². The largest absolute Gasteiger partial charge is 0.497 e. The first-order chi connectivity index (χ1) is 14.6. The number of anilines is 2. The monoisotopic (exact) mass is 398 g/mol. The van der Waals surface area contributed by atoms with E-state index in [4.69, 9.17) is 9.72 Å². The van der Waals surface area contributed by atoms with Gasteiger partial charge in [0.05, 0.1) is 23.9 Å². The average Bonchev–Trinajstić information content (AvgIpc) is 3.12. The van der Waals surface area contributed by atoms with Crippen LogP contribution in [0.15, 0.2) is 72.9 Å². The van der Waals surface area contributed by atoms with Crippen molar-refractivity contribution in [2.45, 2.75) is 13.1 Å². The van der Waals surface area contributed by atoms with Crippen LogP contribution in [0.5, 0.6) is 5.75 Å². The molecule has 1 amide bonds. The molecule has 1 aliphatic rings. The molecule has 0 bridgehead atoms. The maximum Gasteiger partial charge on any atom is 0.262 e. The van der Waals surface area contributed by atoms with E-state index in [-0.39, 0.29) is 12.1 Å². The Balaban J connectivity index is 1.75. The number of aromatic nitrogens is 2. The molecular weight excluding hydrogens is 376 g/mol. The lowest BCUT2D eigenvalue weighted by Gasteiger charge is -2.43. The fourth-order valence-corrected chi connectivity index (χ4v) is 4.22. The summed E-state index contributed by atoms with van der Waals surface area (Å²) in [4.78, 5) is 22.5. The van der Waals surface area contributed by atoms with Crippen molar-refractivity contribution in [3.05, 3.63) is 90.0 Å². The summed E-state index contributed by atoms with van der Waals surface area (Å²) in [6, 6.07) is 21.3. The summed E-state index contributed by atoms with van der Waals surface area (Å²) in [5.41, 5.74) is 4.19. The van der Waals surface area contributed by atoms with Crippen LogP contribution in [0.3, 0.4) is 0 Å². The molecule has 0 saturated heterocycles. The van der Waals surface area contributed by atoms with E-state index < -0.39 is 0 Å². The van der Waals surface area contributed by atoms with E-state index in [0.29, 0.717) is 5.56 Å². The van der Waals surface area contributed by atoms with Gasteiger partial charge in [0.25, 0.3) is 5.91 Å². The molecule has 0 spiro atoms. The van der Waals surface area contributed by atoms with E-state index in [1.165, 1.54) is 0 Å². The standard InChI is InChI=1S/C24H22N4O2/c1-16-25-22(21-10-6-7-15-27(16)21)23-26(2)20-9-5-4-8-19(20)24(29)28(23)17-11-13-18(30-3)14-12-17/h4-15,23H,1-3H3. The first kappa shape index (κ1) is 18.2. The minimum absolute atomic E-state index is 0.0476. The molecule has 5 rings (SSSR count). The summed E-state index contributed by atoms with van der Waals surface area (Å²) in [6.07, 6.45) is 1.61. The zero-order valence-corrected chi connectivity index (χ0v) is 17.1. The highest BCUT2D eigenvalue weighted by Crippen LogP contribution is 2.41. The molecule has 2 aromatic carbocycles. The molecule has 0 N–H and O–H groups in total. The normalized spacial score (nSPS) is 16.1. The Bertz CT molecular complexity index is 1250. The summed E-state index contributed by atoms with van der Waals surface area (Å²) in [7, 11) is 3.64. The second-order valence-electron chi connectivity index (χ2n) is 7.38. The molecule has 0 saturated carbocycles. The number of para-hydroxylation sites is 1. The van der Waals surface area contributed by atoms with Gasteiger partial charge in [-0.25, -0.2) is 4.98 Å². The van der Waals surface area contributed by atoms with Crippen molar-refractivity contribution in [1.82, 2.24) is 9.38 Å². The van der Waals surface area contributed by atoms with Crippen LogP contribution < -0.4 is 14.5 Å². The molecule has 150 valence electrons. The molecule has 1 unspecified atom stereocenters. The lowest BCUT2D eigenvalue weighted by molar-refractivity contribution is 0.0969. The number of aryl methyl sites for hydroxylation is 1. The number of rotatable bonds is 3. The maximum absolute atomic E-state index is 13.7. The lowest BCUT2D eigenvalue weighted by atomic mass is 10.0. The summed E-state index contributed by atoms with van der Waals surface area (Å²) in [6.45, 7) is 1.98. The molecule has 2 aromatic heterocycles. The van der Waals surface area contributed by atoms with Crippen LogP contribution in [-0.2, 0) is 0 Å². The van der Waals surface area contributed by atoms with E-state index in [2.05, 4.69) is 9.30 Å². The molecule has 0 radical (unpaired) electrons. The zero-order chi connectivity index (χ0) is 20.8. The van der Waals surface area contributed by atoms with Gasteiger partial charge < -0.3 is 14.0 Å². The third-order valence-electron chi connectivity index (χ3n) is 5.69. The Morgan fingerprint density at radius 3 is 2.47 bits per heavy atom. The number of benzene rings is 2. The third-order valence-corrected chi connectivity index (χ3v) is 5.69. The zero-order valence-electron chi connectivity index (χ0n) is 17.1. The van der Waals surface area contributed by atoms with Gasteiger partial charge in [-0.05, 0) is 55.5 Å². The smallest absolute Gasteiger partial charge is 0.262 e. The number of nitrogens with zero attached hydrogens (tertiary/aromatic N) is 4. The van der Waals surface area contributed by atoms with Crippen LogP contribution in [0.25, 0.3) is 5.52 Å². The van der Waals surface area contributed by atoms with Crippen molar-refractivity contribution in [1.29, 1.82) is 0 Å².